The van der Waals surface area contributed by atoms with Crippen LogP contribution in [0.25, 0.3) is 0 Å². The number of fused-ring (bicyclic) bond motifs is 1. The SMILES string of the molecule is O=C(NC1CCCc2c1cnn2Cc1ccccc1)C(F)Cl.O=C(O)C(F)(F)F. The van der Waals surface area contributed by atoms with Crippen molar-refractivity contribution < 1.29 is 32.3 Å². The van der Waals surface area contributed by atoms with Crippen molar-refractivity contribution in [2.45, 2.75) is 43.7 Å². The van der Waals surface area contributed by atoms with Crippen molar-refractivity contribution in [3.05, 3.63) is 53.3 Å². The number of nitrogens with one attached hydrogen (secondary N) is 1. The molecule has 0 fully saturated rings. The number of carbonyl (C=O) groups is 2. The van der Waals surface area contributed by atoms with E-state index >= 15 is 0 Å². The minimum absolute atomic E-state index is 0.210. The van der Waals surface area contributed by atoms with Gasteiger partial charge in [-0.25, -0.2) is 9.18 Å². The summed E-state index contributed by atoms with van der Waals surface area (Å²) in [5.41, 5.74) is 1.23. The molecule has 1 amide bonds. The summed E-state index contributed by atoms with van der Waals surface area (Å²) < 4.78 is 46.5. The molecule has 2 unspecified atom stereocenters. The van der Waals surface area contributed by atoms with E-state index in [4.69, 9.17) is 21.5 Å². The molecule has 0 saturated heterocycles. The summed E-state index contributed by atoms with van der Waals surface area (Å²) in [4.78, 5) is 20.4. The van der Waals surface area contributed by atoms with Gasteiger partial charge in [-0.05, 0) is 24.8 Å². The Kier molecular flexibility index (Phi) is 7.60. The third-order valence-electron chi connectivity index (χ3n) is 4.20. The normalized spacial score (nSPS) is 16.8. The lowest BCUT2D eigenvalue weighted by Crippen LogP contribution is -2.34. The zero-order chi connectivity index (χ0) is 21.6. The topological polar surface area (TPSA) is 84.2 Å². The molecule has 1 heterocycles. The third-order valence-corrected chi connectivity index (χ3v) is 4.39. The highest BCUT2D eigenvalue weighted by atomic mass is 35.5. The quantitative estimate of drug-likeness (QED) is 0.568. The Bertz CT molecular complexity index is 841. The van der Waals surface area contributed by atoms with Crippen molar-refractivity contribution in [3.63, 3.8) is 0 Å². The van der Waals surface area contributed by atoms with Crippen LogP contribution in [-0.2, 0) is 22.6 Å². The lowest BCUT2D eigenvalue weighted by Gasteiger charge is -2.24. The Labute approximate surface area is 168 Å². The molecule has 1 aliphatic carbocycles. The molecular weight excluding hydrogens is 418 g/mol. The number of aliphatic carboxylic acids is 1. The number of carboxylic acid groups (broad SMARTS) is 1. The van der Waals surface area contributed by atoms with Crippen LogP contribution in [0.5, 0.6) is 0 Å². The number of carbonyl (C=O) groups excluding carboxylic acids is 1. The van der Waals surface area contributed by atoms with Gasteiger partial charge in [0.15, 0.2) is 0 Å². The number of alkyl halides is 5. The number of halogens is 5. The summed E-state index contributed by atoms with van der Waals surface area (Å²) in [5.74, 6) is -3.54. The fraction of sp³-hybridized carbons (Fsp3) is 0.389. The molecule has 6 nitrogen and oxygen atoms in total. The van der Waals surface area contributed by atoms with Crippen molar-refractivity contribution >= 4 is 23.5 Å². The van der Waals surface area contributed by atoms with Gasteiger partial charge in [0.05, 0.1) is 18.8 Å². The van der Waals surface area contributed by atoms with E-state index in [1.807, 2.05) is 22.9 Å². The van der Waals surface area contributed by atoms with E-state index in [-0.39, 0.29) is 6.04 Å². The first-order valence-corrected chi connectivity index (χ1v) is 9.00. The Hall–Kier alpha value is -2.62. The third kappa shape index (κ3) is 6.45. The molecule has 0 aliphatic heterocycles. The standard InChI is InChI=1S/C16H17ClFN3O.C2HF3O2/c17-15(18)16(22)20-13-7-4-8-14-12(13)9-19-21(14)10-11-5-2-1-3-6-11;3-2(4,5)1(6)7/h1-3,5-6,9,13,15H,4,7-8,10H2,(H,20,22);(H,6,7). The molecule has 29 heavy (non-hydrogen) atoms. The van der Waals surface area contributed by atoms with Crippen LogP contribution in [0.3, 0.4) is 0 Å². The van der Waals surface area contributed by atoms with Crippen LogP contribution in [-0.4, -0.2) is 38.6 Å². The first-order valence-electron chi connectivity index (χ1n) is 8.56. The van der Waals surface area contributed by atoms with Crippen LogP contribution in [0.15, 0.2) is 36.5 Å². The van der Waals surface area contributed by atoms with Gasteiger partial charge >= 0.3 is 12.1 Å². The molecular formula is C18H18ClF4N3O3. The van der Waals surface area contributed by atoms with Gasteiger partial charge in [0, 0.05) is 11.3 Å². The van der Waals surface area contributed by atoms with Crippen LogP contribution in [0.4, 0.5) is 17.6 Å². The predicted octanol–water partition coefficient (Wildman–Crippen LogP) is 3.59. The van der Waals surface area contributed by atoms with Crippen LogP contribution >= 0.6 is 11.6 Å². The summed E-state index contributed by atoms with van der Waals surface area (Å²) in [5, 5.41) is 14.2. The van der Waals surface area contributed by atoms with Crippen LogP contribution in [0.2, 0.25) is 0 Å². The number of hydrogen-bond acceptors (Lipinski definition) is 3. The maximum atomic E-state index is 12.9. The van der Waals surface area contributed by atoms with Gasteiger partial charge in [-0.15, -0.1) is 0 Å². The molecule has 1 aliphatic rings. The fourth-order valence-corrected chi connectivity index (χ4v) is 2.96. The highest BCUT2D eigenvalue weighted by Crippen LogP contribution is 2.30. The minimum Gasteiger partial charge on any atom is -0.475 e. The number of carboxylic acids is 1. The maximum absolute atomic E-state index is 12.9. The number of rotatable bonds is 4. The molecule has 2 N–H and O–H groups in total. The molecule has 3 rings (SSSR count). The van der Waals surface area contributed by atoms with Crippen molar-refractivity contribution in [1.82, 2.24) is 15.1 Å². The second-order valence-electron chi connectivity index (χ2n) is 6.25. The van der Waals surface area contributed by atoms with E-state index < -0.39 is 23.7 Å². The summed E-state index contributed by atoms with van der Waals surface area (Å²) >= 11 is 5.19. The van der Waals surface area contributed by atoms with Crippen molar-refractivity contribution in [1.29, 1.82) is 0 Å². The number of nitrogens with zero attached hydrogens (tertiary/aromatic N) is 2. The number of amides is 1. The zero-order valence-corrected chi connectivity index (χ0v) is 15.8. The Morgan fingerprint density at radius 2 is 1.93 bits per heavy atom. The minimum atomic E-state index is -5.08. The molecule has 2 atom stereocenters. The smallest absolute Gasteiger partial charge is 0.475 e. The van der Waals surface area contributed by atoms with Crippen LogP contribution < -0.4 is 5.32 Å². The zero-order valence-electron chi connectivity index (χ0n) is 15.0. The average molecular weight is 436 g/mol. The van der Waals surface area contributed by atoms with Crippen molar-refractivity contribution in [3.8, 4) is 0 Å². The van der Waals surface area contributed by atoms with Gasteiger partial charge < -0.3 is 10.4 Å². The molecule has 1 aromatic carbocycles. The van der Waals surface area contributed by atoms with Gasteiger partial charge in [0.2, 0.25) is 0 Å². The van der Waals surface area contributed by atoms with Gasteiger partial charge in [-0.2, -0.15) is 18.3 Å². The lowest BCUT2D eigenvalue weighted by atomic mass is 9.93. The van der Waals surface area contributed by atoms with Gasteiger partial charge in [0.25, 0.3) is 11.5 Å². The van der Waals surface area contributed by atoms with Gasteiger partial charge in [-0.1, -0.05) is 41.9 Å². The van der Waals surface area contributed by atoms with Gasteiger partial charge in [0.1, 0.15) is 0 Å². The Morgan fingerprint density at radius 1 is 1.31 bits per heavy atom. The average Bonchev–Trinajstić information content (AvgIpc) is 3.06. The lowest BCUT2D eigenvalue weighted by molar-refractivity contribution is -0.192. The highest BCUT2D eigenvalue weighted by molar-refractivity contribution is 6.29. The number of benzene rings is 1. The van der Waals surface area contributed by atoms with Crippen LogP contribution in [0, 0.1) is 0 Å². The maximum Gasteiger partial charge on any atom is 0.490 e. The summed E-state index contributed by atoms with van der Waals surface area (Å²) in [6.07, 6.45) is -0.699. The van der Waals surface area contributed by atoms with Crippen molar-refractivity contribution in [2.75, 3.05) is 0 Å². The second-order valence-corrected chi connectivity index (χ2v) is 6.63. The largest absolute Gasteiger partial charge is 0.490 e. The van der Waals surface area contributed by atoms with E-state index in [9.17, 15) is 22.4 Å². The van der Waals surface area contributed by atoms with E-state index in [0.717, 1.165) is 30.5 Å². The first kappa shape index (κ1) is 22.7. The van der Waals surface area contributed by atoms with E-state index in [1.165, 1.54) is 5.56 Å². The summed E-state index contributed by atoms with van der Waals surface area (Å²) in [7, 11) is 0. The van der Waals surface area contributed by atoms with Gasteiger partial charge in [-0.3, -0.25) is 9.48 Å². The second kappa shape index (κ2) is 9.73. The van der Waals surface area contributed by atoms with E-state index in [2.05, 4.69) is 22.5 Å². The molecule has 2 aromatic rings. The first-order chi connectivity index (χ1) is 13.6. The molecule has 11 heteroatoms. The Morgan fingerprint density at radius 3 is 2.48 bits per heavy atom. The molecule has 0 spiro atoms. The number of hydrogen-bond donors (Lipinski definition) is 2. The summed E-state index contributed by atoms with van der Waals surface area (Å²) in [6.45, 7) is 0.693. The summed E-state index contributed by atoms with van der Waals surface area (Å²) in [6, 6.07) is 9.87. The number of aromatic nitrogens is 2. The highest BCUT2D eigenvalue weighted by Gasteiger charge is 2.38. The monoisotopic (exact) mass is 435 g/mol. The Balaban J connectivity index is 0.000000370. The van der Waals surface area contributed by atoms with Crippen LogP contribution in [0.1, 0.15) is 35.7 Å². The molecule has 0 saturated carbocycles. The van der Waals surface area contributed by atoms with Crippen molar-refractivity contribution in [2.24, 2.45) is 0 Å². The van der Waals surface area contributed by atoms with E-state index in [1.54, 1.807) is 6.20 Å². The fourth-order valence-electron chi connectivity index (χ4n) is 2.90. The molecule has 1 aromatic heterocycles. The molecule has 0 radical (unpaired) electrons. The predicted molar refractivity (Wildman–Crippen MR) is 96.0 cm³/mol. The molecule has 158 valence electrons. The molecule has 0 bridgehead atoms. The van der Waals surface area contributed by atoms with E-state index in [0.29, 0.717) is 6.54 Å².